The van der Waals surface area contributed by atoms with Crippen molar-refractivity contribution in [3.05, 3.63) is 53.8 Å². The first kappa shape index (κ1) is 19.0. The first-order valence-electron chi connectivity index (χ1n) is 9.36. The number of aromatic nitrogens is 1. The van der Waals surface area contributed by atoms with Crippen LogP contribution in [-0.2, 0) is 25.5 Å². The summed E-state index contributed by atoms with van der Waals surface area (Å²) in [6.07, 6.45) is -0.0501. The summed E-state index contributed by atoms with van der Waals surface area (Å²) in [6, 6.07) is 12.0. The Hall–Kier alpha value is -3.35. The molecule has 1 atom stereocenters. The molecule has 3 aromatic rings. The van der Waals surface area contributed by atoms with Gasteiger partial charge in [0.15, 0.2) is 0 Å². The van der Waals surface area contributed by atoms with Gasteiger partial charge in [-0.1, -0.05) is 0 Å². The summed E-state index contributed by atoms with van der Waals surface area (Å²) >= 11 is 0. The van der Waals surface area contributed by atoms with Gasteiger partial charge < -0.3 is 19.2 Å². The van der Waals surface area contributed by atoms with Gasteiger partial charge in [0.2, 0.25) is 6.10 Å². The van der Waals surface area contributed by atoms with Gasteiger partial charge in [-0.25, -0.2) is 9.18 Å². The van der Waals surface area contributed by atoms with Crippen LogP contribution in [0, 0.1) is 5.82 Å². The third-order valence-electron chi connectivity index (χ3n) is 4.99. The van der Waals surface area contributed by atoms with Crippen LogP contribution < -0.4 is 4.74 Å². The molecule has 2 heterocycles. The Labute approximate surface area is 166 Å². The number of rotatable bonds is 6. The number of aryl methyl sites for hydroxylation is 1. The molecular formula is C22H20FNO5. The predicted octanol–water partition coefficient (Wildman–Crippen LogP) is 3.77. The molecule has 6 nitrogen and oxygen atoms in total. The number of carbonyl (C=O) groups excluding carboxylic acids is 2. The summed E-state index contributed by atoms with van der Waals surface area (Å²) in [6.45, 7) is 0.264. The Bertz CT molecular complexity index is 1060. The minimum atomic E-state index is -0.830. The third kappa shape index (κ3) is 3.94. The number of cyclic esters (lactones) is 1. The molecule has 0 bridgehead atoms. The van der Waals surface area contributed by atoms with Gasteiger partial charge in [-0.05, 0) is 60.0 Å². The maximum atomic E-state index is 13.9. The fourth-order valence-electron chi connectivity index (χ4n) is 3.51. The molecule has 0 spiro atoms. The zero-order valence-electron chi connectivity index (χ0n) is 15.9. The number of H-pyrrole nitrogens is 1. The lowest BCUT2D eigenvalue weighted by Crippen LogP contribution is -2.22. The van der Waals surface area contributed by atoms with E-state index in [-0.39, 0.29) is 18.8 Å². The number of halogens is 1. The molecule has 0 unspecified atom stereocenters. The molecule has 0 amide bonds. The molecule has 0 aliphatic carbocycles. The predicted molar refractivity (Wildman–Crippen MR) is 104 cm³/mol. The standard InChI is InChI=1S/C22H20FNO5/c1-27-15-5-2-13(3-6-15)21-16(17-12-14(23)4-8-18(17)24-21)7-9-20(25)29-19-10-11-28-22(19)26/h2-6,8,12,19,24H,7,9-11H2,1H3/t19-/m0/s1. The quantitative estimate of drug-likeness (QED) is 0.641. The minimum absolute atomic E-state index is 0.0659. The van der Waals surface area contributed by atoms with E-state index < -0.39 is 18.0 Å². The molecule has 1 aliphatic rings. The second-order valence-corrected chi connectivity index (χ2v) is 6.83. The Morgan fingerprint density at radius 2 is 2.03 bits per heavy atom. The van der Waals surface area contributed by atoms with Crippen molar-refractivity contribution >= 4 is 22.8 Å². The SMILES string of the molecule is COc1ccc(-c2[nH]c3ccc(F)cc3c2CCC(=O)O[C@H]2CCOC2=O)cc1. The number of fused-ring (bicyclic) bond motifs is 1. The van der Waals surface area contributed by atoms with E-state index in [1.807, 2.05) is 24.3 Å². The summed E-state index contributed by atoms with van der Waals surface area (Å²) in [4.78, 5) is 27.0. The van der Waals surface area contributed by atoms with E-state index in [2.05, 4.69) is 4.98 Å². The zero-order chi connectivity index (χ0) is 20.4. The van der Waals surface area contributed by atoms with Gasteiger partial charge in [-0.2, -0.15) is 0 Å². The van der Waals surface area contributed by atoms with Crippen molar-refractivity contribution < 1.29 is 28.2 Å². The van der Waals surface area contributed by atoms with E-state index in [1.165, 1.54) is 12.1 Å². The van der Waals surface area contributed by atoms with E-state index in [0.717, 1.165) is 28.1 Å². The lowest BCUT2D eigenvalue weighted by Gasteiger charge is -2.09. The van der Waals surface area contributed by atoms with E-state index in [4.69, 9.17) is 14.2 Å². The number of nitrogens with one attached hydrogen (secondary N) is 1. The third-order valence-corrected chi connectivity index (χ3v) is 4.99. The number of benzene rings is 2. The number of ether oxygens (including phenoxy) is 3. The maximum Gasteiger partial charge on any atom is 0.347 e. The van der Waals surface area contributed by atoms with Crippen molar-refractivity contribution in [2.45, 2.75) is 25.4 Å². The van der Waals surface area contributed by atoms with Crippen LogP contribution in [0.4, 0.5) is 4.39 Å². The van der Waals surface area contributed by atoms with Gasteiger partial charge >= 0.3 is 11.9 Å². The van der Waals surface area contributed by atoms with Crippen LogP contribution in [0.25, 0.3) is 22.2 Å². The van der Waals surface area contributed by atoms with E-state index in [1.54, 1.807) is 13.2 Å². The normalized spacial score (nSPS) is 16.1. The van der Waals surface area contributed by atoms with Crippen LogP contribution in [0.15, 0.2) is 42.5 Å². The molecule has 2 aromatic carbocycles. The van der Waals surface area contributed by atoms with Gasteiger partial charge in [0.1, 0.15) is 11.6 Å². The largest absolute Gasteiger partial charge is 0.497 e. The monoisotopic (exact) mass is 397 g/mol. The summed E-state index contributed by atoms with van der Waals surface area (Å²) in [5.41, 5.74) is 3.29. The highest BCUT2D eigenvalue weighted by molar-refractivity contribution is 5.91. The van der Waals surface area contributed by atoms with Crippen LogP contribution in [-0.4, -0.2) is 36.7 Å². The Morgan fingerprint density at radius 1 is 1.24 bits per heavy atom. The van der Waals surface area contributed by atoms with Crippen molar-refractivity contribution in [1.29, 1.82) is 0 Å². The molecule has 1 aromatic heterocycles. The summed E-state index contributed by atoms with van der Waals surface area (Å²) in [7, 11) is 1.60. The van der Waals surface area contributed by atoms with E-state index in [9.17, 15) is 14.0 Å². The number of methoxy groups -OCH3 is 1. The van der Waals surface area contributed by atoms with Crippen molar-refractivity contribution in [2.24, 2.45) is 0 Å². The molecule has 1 aliphatic heterocycles. The molecule has 7 heteroatoms. The molecule has 0 radical (unpaired) electrons. The van der Waals surface area contributed by atoms with Crippen LogP contribution >= 0.6 is 0 Å². The molecule has 150 valence electrons. The van der Waals surface area contributed by atoms with Gasteiger partial charge in [0, 0.05) is 29.4 Å². The highest BCUT2D eigenvalue weighted by Crippen LogP contribution is 2.33. The zero-order valence-corrected chi connectivity index (χ0v) is 15.9. The summed E-state index contributed by atoms with van der Waals surface area (Å²) in [5.74, 6) is -0.619. The highest BCUT2D eigenvalue weighted by Gasteiger charge is 2.30. The number of carbonyl (C=O) groups is 2. The molecule has 29 heavy (non-hydrogen) atoms. The maximum absolute atomic E-state index is 13.9. The van der Waals surface area contributed by atoms with Gasteiger partial charge in [-0.3, -0.25) is 4.79 Å². The average Bonchev–Trinajstić information content (AvgIpc) is 3.29. The number of hydrogen-bond acceptors (Lipinski definition) is 5. The fraction of sp³-hybridized carbons (Fsp3) is 0.273. The number of hydrogen-bond donors (Lipinski definition) is 1. The number of aromatic amines is 1. The molecule has 1 N–H and O–H groups in total. The van der Waals surface area contributed by atoms with Crippen molar-refractivity contribution in [1.82, 2.24) is 4.98 Å². The average molecular weight is 397 g/mol. The topological polar surface area (TPSA) is 77.6 Å². The summed E-state index contributed by atoms with van der Waals surface area (Å²) in [5, 5.41) is 0.712. The second-order valence-electron chi connectivity index (χ2n) is 6.83. The Morgan fingerprint density at radius 3 is 2.72 bits per heavy atom. The second kappa shape index (κ2) is 7.95. The molecule has 0 saturated carbocycles. The molecule has 1 saturated heterocycles. The van der Waals surface area contributed by atoms with Crippen LogP contribution in [0.1, 0.15) is 18.4 Å². The first-order valence-corrected chi connectivity index (χ1v) is 9.36. The molecule has 1 fully saturated rings. The summed E-state index contributed by atoms with van der Waals surface area (Å²) < 4.78 is 29.1. The van der Waals surface area contributed by atoms with Crippen LogP contribution in [0.5, 0.6) is 5.75 Å². The van der Waals surface area contributed by atoms with E-state index >= 15 is 0 Å². The molecule has 4 rings (SSSR count). The Kier molecular flexibility index (Phi) is 5.20. The highest BCUT2D eigenvalue weighted by atomic mass is 19.1. The van der Waals surface area contributed by atoms with Gasteiger partial charge in [0.25, 0.3) is 0 Å². The van der Waals surface area contributed by atoms with Crippen LogP contribution in [0.3, 0.4) is 0 Å². The lowest BCUT2D eigenvalue weighted by molar-refractivity contribution is -0.160. The first-order chi connectivity index (χ1) is 14.0. The van der Waals surface area contributed by atoms with E-state index in [0.29, 0.717) is 18.2 Å². The molecular weight excluding hydrogens is 377 g/mol. The smallest absolute Gasteiger partial charge is 0.347 e. The van der Waals surface area contributed by atoms with Crippen molar-refractivity contribution in [2.75, 3.05) is 13.7 Å². The fourth-order valence-corrected chi connectivity index (χ4v) is 3.51. The minimum Gasteiger partial charge on any atom is -0.497 e. The van der Waals surface area contributed by atoms with Crippen LogP contribution in [0.2, 0.25) is 0 Å². The Balaban J connectivity index is 1.61. The van der Waals surface area contributed by atoms with Crippen molar-refractivity contribution in [3.8, 4) is 17.0 Å². The van der Waals surface area contributed by atoms with Gasteiger partial charge in [-0.15, -0.1) is 0 Å². The van der Waals surface area contributed by atoms with Gasteiger partial charge in [0.05, 0.1) is 13.7 Å². The van der Waals surface area contributed by atoms with Crippen molar-refractivity contribution in [3.63, 3.8) is 0 Å². The number of esters is 2. The lowest BCUT2D eigenvalue weighted by atomic mass is 10.0.